The number of hydrogen-bond donors (Lipinski definition) is 0. The molecule has 0 N–H and O–H groups in total. The monoisotopic (exact) mass is 714 g/mol. The van der Waals surface area contributed by atoms with Crippen LogP contribution in [0.15, 0.2) is 194 Å². The maximum Gasteiger partial charge on any atom is 0.123 e. The molecule has 56 heavy (non-hydrogen) atoms. The van der Waals surface area contributed by atoms with E-state index in [9.17, 15) is 4.39 Å². The van der Waals surface area contributed by atoms with E-state index in [-0.39, 0.29) is 5.82 Å². The summed E-state index contributed by atoms with van der Waals surface area (Å²) in [6, 6.07) is 69.5. The number of rotatable bonds is 4. The molecule has 0 radical (unpaired) electrons. The van der Waals surface area contributed by atoms with Gasteiger partial charge in [0.05, 0.1) is 0 Å². The van der Waals surface area contributed by atoms with Crippen molar-refractivity contribution in [3.63, 3.8) is 0 Å². The smallest absolute Gasteiger partial charge is 0.123 e. The standard InChI is InChI=1S/C55H35F/c1-34-18-20-35(21-19-34)37-24-27-45-41(28-37)33-52-51(50-29-38-10-2-4-12-43(38)46-14-6-8-16-48(46)50)31-40(36-22-25-42(56)26-23-36)32-54(52)55(45)53-30-39-11-3-5-13-44(39)47-15-7-9-17-49(47)53/h2-33H,1H3. The summed E-state index contributed by atoms with van der Waals surface area (Å²) in [6.45, 7) is 2.13. The highest BCUT2D eigenvalue weighted by Gasteiger charge is 2.20. The number of fused-ring (bicyclic) bond motifs is 8. The van der Waals surface area contributed by atoms with Crippen LogP contribution in [-0.4, -0.2) is 0 Å². The van der Waals surface area contributed by atoms with Crippen LogP contribution in [0.2, 0.25) is 0 Å². The van der Waals surface area contributed by atoms with Crippen LogP contribution >= 0.6 is 0 Å². The van der Waals surface area contributed by atoms with Gasteiger partial charge in [0.2, 0.25) is 0 Å². The lowest BCUT2D eigenvalue weighted by Gasteiger charge is -2.21. The summed E-state index contributed by atoms with van der Waals surface area (Å²) in [6.07, 6.45) is 0. The number of halogens is 1. The summed E-state index contributed by atoms with van der Waals surface area (Å²) in [5, 5.41) is 14.5. The van der Waals surface area contributed by atoms with E-state index < -0.39 is 0 Å². The van der Waals surface area contributed by atoms with E-state index in [4.69, 9.17) is 0 Å². The molecule has 0 fully saturated rings. The molecule has 0 amide bonds. The van der Waals surface area contributed by atoms with Gasteiger partial charge in [0, 0.05) is 0 Å². The minimum atomic E-state index is -0.242. The lowest BCUT2D eigenvalue weighted by atomic mass is 9.82. The molecule has 0 saturated heterocycles. The van der Waals surface area contributed by atoms with Crippen molar-refractivity contribution in [2.24, 2.45) is 0 Å². The fraction of sp³-hybridized carbons (Fsp3) is 0.0182. The van der Waals surface area contributed by atoms with Crippen LogP contribution < -0.4 is 0 Å². The zero-order chi connectivity index (χ0) is 37.3. The Bertz CT molecular complexity index is 3350. The quantitative estimate of drug-likeness (QED) is 0.126. The summed E-state index contributed by atoms with van der Waals surface area (Å²) in [4.78, 5) is 0. The summed E-state index contributed by atoms with van der Waals surface area (Å²) < 4.78 is 14.4. The summed E-state index contributed by atoms with van der Waals surface area (Å²) in [7, 11) is 0. The molecule has 0 nitrogen and oxygen atoms in total. The minimum Gasteiger partial charge on any atom is -0.207 e. The third kappa shape index (κ3) is 5.20. The fourth-order valence-electron chi connectivity index (χ4n) is 9.01. The second kappa shape index (κ2) is 12.8. The molecule has 0 aliphatic heterocycles. The van der Waals surface area contributed by atoms with Crippen LogP contribution in [0.3, 0.4) is 0 Å². The van der Waals surface area contributed by atoms with Gasteiger partial charge in [-0.05, 0) is 165 Å². The molecule has 0 bridgehead atoms. The third-order valence-corrected chi connectivity index (χ3v) is 11.7. The lowest BCUT2D eigenvalue weighted by molar-refractivity contribution is 0.628. The molecule has 0 atom stereocenters. The largest absolute Gasteiger partial charge is 0.207 e. The molecular weight excluding hydrogens is 680 g/mol. The summed E-state index contributed by atoms with van der Waals surface area (Å²) >= 11 is 0. The van der Waals surface area contributed by atoms with Crippen molar-refractivity contribution in [2.75, 3.05) is 0 Å². The Morgan fingerprint density at radius 3 is 1.45 bits per heavy atom. The van der Waals surface area contributed by atoms with E-state index in [1.807, 2.05) is 12.1 Å². The van der Waals surface area contributed by atoms with Crippen LogP contribution in [0.5, 0.6) is 0 Å². The zero-order valence-electron chi connectivity index (χ0n) is 30.9. The van der Waals surface area contributed by atoms with Gasteiger partial charge in [-0.1, -0.05) is 151 Å². The molecule has 11 aromatic rings. The molecule has 0 heterocycles. The van der Waals surface area contributed by atoms with Crippen molar-refractivity contribution < 1.29 is 4.39 Å². The van der Waals surface area contributed by atoms with Gasteiger partial charge in [0.1, 0.15) is 5.82 Å². The Morgan fingerprint density at radius 1 is 0.286 bits per heavy atom. The van der Waals surface area contributed by atoms with E-state index in [0.717, 1.165) is 22.1 Å². The maximum atomic E-state index is 14.4. The highest BCUT2D eigenvalue weighted by atomic mass is 19.1. The SMILES string of the molecule is Cc1ccc(-c2ccc3c(-c4cc5ccccc5c5ccccc45)c4cc(-c5ccc(F)cc5)cc(-c5cc6ccccc6c6ccccc56)c4cc3c2)cc1. The molecule has 11 rings (SSSR count). The molecule has 0 saturated carbocycles. The summed E-state index contributed by atoms with van der Waals surface area (Å²) in [5.41, 5.74) is 10.4. The molecule has 0 aliphatic carbocycles. The van der Waals surface area contributed by atoms with E-state index in [2.05, 4.69) is 177 Å². The Labute approximate surface area is 324 Å². The van der Waals surface area contributed by atoms with E-state index in [1.54, 1.807) is 12.1 Å². The van der Waals surface area contributed by atoms with Crippen molar-refractivity contribution in [1.29, 1.82) is 0 Å². The van der Waals surface area contributed by atoms with Gasteiger partial charge >= 0.3 is 0 Å². The maximum absolute atomic E-state index is 14.4. The Balaban J connectivity index is 1.34. The van der Waals surface area contributed by atoms with Crippen LogP contribution in [0.4, 0.5) is 4.39 Å². The van der Waals surface area contributed by atoms with Crippen LogP contribution in [0.25, 0.3) is 109 Å². The second-order valence-electron chi connectivity index (χ2n) is 15.1. The molecular formula is C55H35F. The van der Waals surface area contributed by atoms with Gasteiger partial charge < -0.3 is 0 Å². The van der Waals surface area contributed by atoms with E-state index in [1.165, 1.54) is 92.6 Å². The highest BCUT2D eigenvalue weighted by Crippen LogP contribution is 2.48. The second-order valence-corrected chi connectivity index (χ2v) is 15.1. The predicted octanol–water partition coefficient (Wildman–Crippen LogP) is 15.7. The highest BCUT2D eigenvalue weighted by molar-refractivity contribution is 6.25. The average molecular weight is 715 g/mol. The van der Waals surface area contributed by atoms with Crippen molar-refractivity contribution in [2.45, 2.75) is 6.92 Å². The number of benzene rings is 11. The Kier molecular flexibility index (Phi) is 7.37. The summed E-state index contributed by atoms with van der Waals surface area (Å²) in [5.74, 6) is -0.242. The zero-order valence-corrected chi connectivity index (χ0v) is 30.9. The fourth-order valence-corrected chi connectivity index (χ4v) is 9.01. The van der Waals surface area contributed by atoms with Crippen molar-refractivity contribution in [1.82, 2.24) is 0 Å². The first kappa shape index (κ1) is 32.3. The average Bonchev–Trinajstić information content (AvgIpc) is 3.25. The molecule has 0 spiro atoms. The van der Waals surface area contributed by atoms with Crippen LogP contribution in [0, 0.1) is 12.7 Å². The first-order valence-electron chi connectivity index (χ1n) is 19.3. The normalized spacial score (nSPS) is 11.8. The van der Waals surface area contributed by atoms with Gasteiger partial charge in [-0.25, -0.2) is 4.39 Å². The molecule has 11 aromatic carbocycles. The van der Waals surface area contributed by atoms with Crippen LogP contribution in [-0.2, 0) is 0 Å². The topological polar surface area (TPSA) is 0 Å². The minimum absolute atomic E-state index is 0.242. The Hall–Kier alpha value is -7.09. The van der Waals surface area contributed by atoms with Crippen LogP contribution in [0.1, 0.15) is 5.56 Å². The van der Waals surface area contributed by atoms with Gasteiger partial charge in [-0.15, -0.1) is 0 Å². The third-order valence-electron chi connectivity index (χ3n) is 11.7. The van der Waals surface area contributed by atoms with Crippen molar-refractivity contribution >= 4 is 64.6 Å². The van der Waals surface area contributed by atoms with Crippen molar-refractivity contribution in [3.8, 4) is 44.5 Å². The van der Waals surface area contributed by atoms with Gasteiger partial charge in [-0.3, -0.25) is 0 Å². The molecule has 0 unspecified atom stereocenters. The van der Waals surface area contributed by atoms with Gasteiger partial charge in [0.25, 0.3) is 0 Å². The van der Waals surface area contributed by atoms with E-state index >= 15 is 0 Å². The predicted molar refractivity (Wildman–Crippen MR) is 238 cm³/mol. The van der Waals surface area contributed by atoms with Crippen molar-refractivity contribution in [3.05, 3.63) is 206 Å². The molecule has 0 aromatic heterocycles. The first-order chi connectivity index (χ1) is 27.6. The lowest BCUT2D eigenvalue weighted by Crippen LogP contribution is -1.93. The molecule has 1 heteroatoms. The number of hydrogen-bond acceptors (Lipinski definition) is 0. The van der Waals surface area contributed by atoms with Gasteiger partial charge in [0.15, 0.2) is 0 Å². The first-order valence-corrected chi connectivity index (χ1v) is 19.3. The van der Waals surface area contributed by atoms with E-state index in [0.29, 0.717) is 0 Å². The Morgan fingerprint density at radius 2 is 0.786 bits per heavy atom. The molecule has 0 aliphatic rings. The molecule has 262 valence electrons. The number of aryl methyl sites for hydroxylation is 1. The van der Waals surface area contributed by atoms with Gasteiger partial charge in [-0.2, -0.15) is 0 Å².